The van der Waals surface area contributed by atoms with E-state index < -0.39 is 0 Å². The highest BCUT2D eigenvalue weighted by molar-refractivity contribution is 5.81. The lowest BCUT2D eigenvalue weighted by molar-refractivity contribution is -0.142. The highest BCUT2D eigenvalue weighted by Crippen LogP contribution is 2.33. The molecule has 5 nitrogen and oxygen atoms in total. The summed E-state index contributed by atoms with van der Waals surface area (Å²) in [6, 6.07) is 7.66. The van der Waals surface area contributed by atoms with Crippen LogP contribution in [-0.2, 0) is 16.0 Å². The second kappa shape index (κ2) is 10.7. The van der Waals surface area contributed by atoms with Gasteiger partial charge in [0.15, 0.2) is 0 Å². The smallest absolute Gasteiger partial charge is 0.227 e. The zero-order valence-corrected chi connectivity index (χ0v) is 18.1. The second-order valence-electron chi connectivity index (χ2n) is 8.59. The Balaban J connectivity index is 1.42. The van der Waals surface area contributed by atoms with Gasteiger partial charge in [-0.25, -0.2) is 0 Å². The zero-order chi connectivity index (χ0) is 20.6. The average molecular weight is 401 g/mol. The number of ether oxygens (including phenoxy) is 1. The first kappa shape index (κ1) is 21.7. The van der Waals surface area contributed by atoms with Gasteiger partial charge in [-0.1, -0.05) is 38.3 Å². The molecule has 1 aromatic rings. The van der Waals surface area contributed by atoms with Crippen LogP contribution in [0.1, 0.15) is 57.4 Å². The van der Waals surface area contributed by atoms with Crippen LogP contribution in [0.4, 0.5) is 0 Å². The number of unbranched alkanes of at least 4 members (excludes halogenated alkanes) is 1. The van der Waals surface area contributed by atoms with Crippen LogP contribution in [0.5, 0.6) is 5.75 Å². The maximum absolute atomic E-state index is 12.9. The van der Waals surface area contributed by atoms with Crippen molar-refractivity contribution in [2.24, 2.45) is 11.8 Å². The van der Waals surface area contributed by atoms with Gasteiger partial charge in [0.05, 0.1) is 13.5 Å². The third-order valence-electron chi connectivity index (χ3n) is 6.60. The van der Waals surface area contributed by atoms with Crippen LogP contribution in [0.3, 0.4) is 0 Å². The van der Waals surface area contributed by atoms with Crippen molar-refractivity contribution in [1.29, 1.82) is 0 Å². The highest BCUT2D eigenvalue weighted by atomic mass is 16.5. The van der Waals surface area contributed by atoms with Gasteiger partial charge >= 0.3 is 0 Å². The summed E-state index contributed by atoms with van der Waals surface area (Å²) >= 11 is 0. The van der Waals surface area contributed by atoms with E-state index in [-0.39, 0.29) is 11.8 Å². The van der Waals surface area contributed by atoms with Gasteiger partial charge in [-0.3, -0.25) is 9.59 Å². The first-order chi connectivity index (χ1) is 14.1. The predicted molar refractivity (Wildman–Crippen MR) is 115 cm³/mol. The molecule has 0 unspecified atom stereocenters. The van der Waals surface area contributed by atoms with Crippen molar-refractivity contribution in [2.75, 3.05) is 33.3 Å². The van der Waals surface area contributed by atoms with Crippen molar-refractivity contribution in [2.45, 2.75) is 58.3 Å². The molecule has 1 aliphatic heterocycles. The van der Waals surface area contributed by atoms with E-state index in [1.54, 1.807) is 7.11 Å². The van der Waals surface area contributed by atoms with Crippen molar-refractivity contribution < 1.29 is 14.3 Å². The average Bonchev–Trinajstić information content (AvgIpc) is 2.77. The Bertz CT molecular complexity index is 674. The Morgan fingerprint density at radius 2 is 1.72 bits per heavy atom. The Labute approximate surface area is 175 Å². The third-order valence-corrected chi connectivity index (χ3v) is 6.60. The number of methoxy groups -OCH3 is 1. The van der Waals surface area contributed by atoms with Gasteiger partial charge in [-0.15, -0.1) is 0 Å². The lowest BCUT2D eigenvalue weighted by Crippen LogP contribution is -2.52. The minimum Gasteiger partial charge on any atom is -0.497 e. The minimum atomic E-state index is 0.127. The maximum atomic E-state index is 12.9. The number of amides is 2. The molecule has 1 saturated carbocycles. The fourth-order valence-electron chi connectivity index (χ4n) is 4.69. The molecule has 160 valence electrons. The number of carbonyl (C=O) groups is 2. The molecule has 1 heterocycles. The molecular formula is C24H36N2O3. The van der Waals surface area contributed by atoms with Crippen molar-refractivity contribution >= 4 is 11.8 Å². The Morgan fingerprint density at radius 1 is 1.03 bits per heavy atom. The number of benzene rings is 1. The van der Waals surface area contributed by atoms with E-state index in [2.05, 4.69) is 6.92 Å². The van der Waals surface area contributed by atoms with Crippen molar-refractivity contribution in [3.05, 3.63) is 29.8 Å². The molecule has 0 spiro atoms. The van der Waals surface area contributed by atoms with Gasteiger partial charge in [0.25, 0.3) is 0 Å². The van der Waals surface area contributed by atoms with E-state index in [1.807, 2.05) is 34.1 Å². The molecule has 2 amide bonds. The highest BCUT2D eigenvalue weighted by Gasteiger charge is 2.31. The third kappa shape index (κ3) is 5.97. The van der Waals surface area contributed by atoms with Gasteiger partial charge in [0.2, 0.25) is 11.8 Å². The fraction of sp³-hybridized carbons (Fsp3) is 0.667. The van der Waals surface area contributed by atoms with E-state index in [4.69, 9.17) is 4.74 Å². The van der Waals surface area contributed by atoms with Crippen LogP contribution >= 0.6 is 0 Å². The fourth-order valence-corrected chi connectivity index (χ4v) is 4.69. The Kier molecular flexibility index (Phi) is 7.96. The Morgan fingerprint density at radius 3 is 2.38 bits per heavy atom. The standard InChI is InChI=1S/C24H36N2O3/c1-3-4-6-19-9-11-21(12-10-19)24(28)26-15-13-25(14-16-26)23(27)18-20-7-5-8-22(17-20)29-2/h5,7-8,17,19,21H,3-4,6,9-16,18H2,1-2H3. The van der Waals surface area contributed by atoms with Gasteiger partial charge < -0.3 is 14.5 Å². The summed E-state index contributed by atoms with van der Waals surface area (Å²) in [5, 5.41) is 0. The topological polar surface area (TPSA) is 49.9 Å². The van der Waals surface area contributed by atoms with Crippen LogP contribution in [-0.4, -0.2) is 54.9 Å². The normalized spacial score (nSPS) is 22.4. The number of nitrogens with zero attached hydrogens (tertiary/aromatic N) is 2. The lowest BCUT2D eigenvalue weighted by atomic mass is 9.79. The first-order valence-corrected chi connectivity index (χ1v) is 11.3. The van der Waals surface area contributed by atoms with E-state index >= 15 is 0 Å². The van der Waals surface area contributed by atoms with E-state index in [0.29, 0.717) is 38.5 Å². The van der Waals surface area contributed by atoms with Gasteiger partial charge in [-0.05, 0) is 49.3 Å². The minimum absolute atomic E-state index is 0.127. The van der Waals surface area contributed by atoms with Crippen molar-refractivity contribution in [3.8, 4) is 5.75 Å². The molecular weight excluding hydrogens is 364 g/mol. The molecule has 1 aromatic carbocycles. The van der Waals surface area contributed by atoms with Crippen LogP contribution < -0.4 is 4.74 Å². The molecule has 29 heavy (non-hydrogen) atoms. The molecule has 1 aliphatic carbocycles. The van der Waals surface area contributed by atoms with E-state index in [1.165, 1.54) is 32.1 Å². The van der Waals surface area contributed by atoms with Gasteiger partial charge in [0.1, 0.15) is 5.75 Å². The quantitative estimate of drug-likeness (QED) is 0.697. The van der Waals surface area contributed by atoms with E-state index in [0.717, 1.165) is 30.1 Å². The summed E-state index contributed by atoms with van der Waals surface area (Å²) in [7, 11) is 1.63. The molecule has 5 heteroatoms. The molecule has 2 fully saturated rings. The summed E-state index contributed by atoms with van der Waals surface area (Å²) < 4.78 is 5.24. The summed E-state index contributed by atoms with van der Waals surface area (Å²) in [5.74, 6) is 2.24. The lowest BCUT2D eigenvalue weighted by Gasteiger charge is -2.38. The molecule has 2 aliphatic rings. The van der Waals surface area contributed by atoms with Crippen molar-refractivity contribution in [3.63, 3.8) is 0 Å². The molecule has 3 rings (SSSR count). The number of carbonyl (C=O) groups excluding carboxylic acids is 2. The number of rotatable bonds is 7. The van der Waals surface area contributed by atoms with Crippen LogP contribution in [0.2, 0.25) is 0 Å². The molecule has 0 N–H and O–H groups in total. The zero-order valence-electron chi connectivity index (χ0n) is 18.1. The van der Waals surface area contributed by atoms with E-state index in [9.17, 15) is 9.59 Å². The molecule has 1 saturated heterocycles. The number of hydrogen-bond donors (Lipinski definition) is 0. The summed E-state index contributed by atoms with van der Waals surface area (Å²) in [4.78, 5) is 29.5. The summed E-state index contributed by atoms with van der Waals surface area (Å²) in [6.07, 6.45) is 8.78. The summed E-state index contributed by atoms with van der Waals surface area (Å²) in [5.41, 5.74) is 0.965. The molecule has 0 radical (unpaired) electrons. The first-order valence-electron chi connectivity index (χ1n) is 11.3. The molecule has 0 bridgehead atoms. The monoisotopic (exact) mass is 400 g/mol. The number of piperazine rings is 1. The second-order valence-corrected chi connectivity index (χ2v) is 8.59. The van der Waals surface area contributed by atoms with Crippen LogP contribution in [0.15, 0.2) is 24.3 Å². The van der Waals surface area contributed by atoms with Crippen LogP contribution in [0, 0.1) is 11.8 Å². The SMILES string of the molecule is CCCCC1CCC(C(=O)N2CCN(C(=O)Cc3cccc(OC)c3)CC2)CC1. The molecule has 0 atom stereocenters. The van der Waals surface area contributed by atoms with Crippen LogP contribution in [0.25, 0.3) is 0 Å². The van der Waals surface area contributed by atoms with Gasteiger partial charge in [0, 0.05) is 32.1 Å². The Hall–Kier alpha value is -2.04. The van der Waals surface area contributed by atoms with Crippen molar-refractivity contribution in [1.82, 2.24) is 9.80 Å². The maximum Gasteiger partial charge on any atom is 0.227 e. The summed E-state index contributed by atoms with van der Waals surface area (Å²) in [6.45, 7) is 4.86. The van der Waals surface area contributed by atoms with Gasteiger partial charge in [-0.2, -0.15) is 0 Å². The number of hydrogen-bond acceptors (Lipinski definition) is 3. The largest absolute Gasteiger partial charge is 0.497 e. The predicted octanol–water partition coefficient (Wildman–Crippen LogP) is 3.91. The molecule has 0 aromatic heterocycles.